The zero-order valence-electron chi connectivity index (χ0n) is 12.2. The van der Waals surface area contributed by atoms with Gasteiger partial charge in [0.1, 0.15) is 18.6 Å². The Labute approximate surface area is 159 Å². The Morgan fingerprint density at radius 3 is 2.12 bits per heavy atom. The van der Waals surface area contributed by atoms with E-state index in [1.807, 2.05) is 28.2 Å². The summed E-state index contributed by atoms with van der Waals surface area (Å²) in [5, 5.41) is 21.4. The first kappa shape index (κ1) is 23.8. The standard InChI is InChI=1S/C10H17N3O6S.S3Se/c11-5(10(18)19)1-2-7(14)13-6(4-20)9(17)12-3-8(15)16;1-2-4-3-1/h5-6,20H,1-4,11H2,(H,12,17)(H,13,14)(H,15,16)(H,18,19);/t5-,6-;/m0./s1. The maximum absolute atomic E-state index is 11.5. The third kappa shape index (κ3) is 12.2. The zero-order valence-corrected chi connectivity index (χ0v) is 17.2. The molecule has 24 heavy (non-hydrogen) atoms. The van der Waals surface area contributed by atoms with E-state index in [9.17, 15) is 19.2 Å². The van der Waals surface area contributed by atoms with E-state index in [-0.39, 0.29) is 18.6 Å². The van der Waals surface area contributed by atoms with E-state index < -0.39 is 42.4 Å². The molecule has 1 aliphatic heterocycles. The Bertz CT molecular complexity index is 450. The number of rotatable bonds is 9. The molecule has 2 atom stereocenters. The molecule has 1 saturated heterocycles. The summed E-state index contributed by atoms with van der Waals surface area (Å²) in [6, 6.07) is -2.15. The number of carboxylic acid groups (broad SMARTS) is 2. The van der Waals surface area contributed by atoms with Crippen LogP contribution in [0.3, 0.4) is 0 Å². The first-order valence-corrected chi connectivity index (χ1v) is 14.5. The van der Waals surface area contributed by atoms with Crippen molar-refractivity contribution in [2.45, 2.75) is 24.9 Å². The number of nitrogens with one attached hydrogen (secondary N) is 2. The summed E-state index contributed by atoms with van der Waals surface area (Å²) >= 11 is 4.77. The van der Waals surface area contributed by atoms with Crippen LogP contribution in [0.2, 0.25) is 0 Å². The van der Waals surface area contributed by atoms with Crippen molar-refractivity contribution < 1.29 is 29.4 Å². The average molecular weight is 482 g/mol. The molecule has 1 aliphatic rings. The molecule has 1 rings (SSSR count). The van der Waals surface area contributed by atoms with Gasteiger partial charge < -0.3 is 26.6 Å². The third-order valence-corrected chi connectivity index (χ3v) is 18.2. The Hall–Kier alpha value is -0.241. The fourth-order valence-corrected chi connectivity index (χ4v) is 5.31. The number of amides is 2. The molecule has 0 aromatic carbocycles. The fourth-order valence-electron chi connectivity index (χ4n) is 1.18. The van der Waals surface area contributed by atoms with Crippen LogP contribution in [0.4, 0.5) is 0 Å². The Morgan fingerprint density at radius 1 is 1.21 bits per heavy atom. The zero-order chi connectivity index (χ0) is 18.5. The number of aliphatic carboxylic acids is 2. The molecule has 14 heteroatoms. The molecule has 0 spiro atoms. The van der Waals surface area contributed by atoms with E-state index >= 15 is 0 Å². The molecule has 9 nitrogen and oxygen atoms in total. The number of carbonyl (C=O) groups is 4. The average Bonchev–Trinajstić information content (AvgIpc) is 2.45. The van der Waals surface area contributed by atoms with Gasteiger partial charge in [-0.2, -0.15) is 12.6 Å². The van der Waals surface area contributed by atoms with Crippen molar-refractivity contribution in [3.63, 3.8) is 0 Å². The molecular formula is C10H17N3O6S4Se. The monoisotopic (exact) mass is 483 g/mol. The predicted octanol–water partition coefficient (Wildman–Crippen LogP) is -0.642. The second kappa shape index (κ2) is 14.0. The molecule has 1 heterocycles. The van der Waals surface area contributed by atoms with Crippen molar-refractivity contribution in [3.05, 3.63) is 0 Å². The van der Waals surface area contributed by atoms with Crippen molar-refractivity contribution in [2.24, 2.45) is 5.73 Å². The van der Waals surface area contributed by atoms with Gasteiger partial charge in [0, 0.05) is 12.2 Å². The van der Waals surface area contributed by atoms with Crippen molar-refractivity contribution in [2.75, 3.05) is 12.3 Å². The molecule has 0 bridgehead atoms. The van der Waals surface area contributed by atoms with Crippen LogP contribution in [0.25, 0.3) is 0 Å². The molecular weight excluding hydrogens is 465 g/mol. The van der Waals surface area contributed by atoms with Gasteiger partial charge in [-0.1, -0.05) is 0 Å². The summed E-state index contributed by atoms with van der Waals surface area (Å²) in [5.74, 6) is -3.70. The third-order valence-electron chi connectivity index (χ3n) is 2.36. The minimum absolute atomic E-state index is 0.0256. The molecule has 0 saturated carbocycles. The van der Waals surface area contributed by atoms with Crippen molar-refractivity contribution in [3.8, 4) is 0 Å². The van der Waals surface area contributed by atoms with Crippen LogP contribution in [0, 0.1) is 0 Å². The van der Waals surface area contributed by atoms with Gasteiger partial charge in [0.05, 0.1) is 0 Å². The Kier molecular flexibility index (Phi) is 13.8. The van der Waals surface area contributed by atoms with Crippen molar-refractivity contribution in [1.82, 2.24) is 10.6 Å². The summed E-state index contributed by atoms with van der Waals surface area (Å²) in [6.07, 6.45) is -0.235. The SMILES string of the molecule is N[C@@H](CCC(=O)N[C@@H](CS)C(=O)NCC(=O)O)C(=O)O.S1S[Se]S1. The first-order valence-electron chi connectivity index (χ1n) is 6.32. The normalized spacial score (nSPS) is 14.9. The summed E-state index contributed by atoms with van der Waals surface area (Å²) in [4.78, 5) is 43.7. The first-order chi connectivity index (χ1) is 11.3. The Balaban J connectivity index is 0.00000114. The Morgan fingerprint density at radius 2 is 1.75 bits per heavy atom. The van der Waals surface area contributed by atoms with Crippen LogP contribution in [-0.4, -0.2) is 71.1 Å². The fraction of sp³-hybridized carbons (Fsp3) is 0.600. The van der Waals surface area contributed by atoms with Gasteiger partial charge >= 0.3 is 52.9 Å². The predicted molar refractivity (Wildman–Crippen MR) is 99.8 cm³/mol. The van der Waals surface area contributed by atoms with E-state index in [0.717, 1.165) is 12.7 Å². The van der Waals surface area contributed by atoms with E-state index in [4.69, 9.17) is 15.9 Å². The van der Waals surface area contributed by atoms with Gasteiger partial charge in [0.15, 0.2) is 0 Å². The van der Waals surface area contributed by atoms with E-state index in [1.54, 1.807) is 0 Å². The van der Waals surface area contributed by atoms with Crippen LogP contribution < -0.4 is 16.4 Å². The maximum atomic E-state index is 11.5. The van der Waals surface area contributed by atoms with E-state index in [1.165, 1.54) is 0 Å². The molecule has 6 N–H and O–H groups in total. The van der Waals surface area contributed by atoms with Crippen LogP contribution in [0.1, 0.15) is 12.8 Å². The van der Waals surface area contributed by atoms with E-state index in [2.05, 4.69) is 23.3 Å². The van der Waals surface area contributed by atoms with Gasteiger partial charge in [-0.3, -0.25) is 19.2 Å². The number of thiol groups is 1. The summed E-state index contributed by atoms with van der Waals surface area (Å²) in [5.41, 5.74) is 5.23. The molecule has 0 radical (unpaired) electrons. The van der Waals surface area contributed by atoms with Gasteiger partial charge in [-0.05, 0) is 6.42 Å². The summed E-state index contributed by atoms with van der Waals surface area (Å²) < 4.78 is 0. The minimum atomic E-state index is -1.22. The molecule has 2 amide bonds. The molecule has 0 unspecified atom stereocenters. The summed E-state index contributed by atoms with van der Waals surface area (Å²) in [6.45, 7) is -0.567. The van der Waals surface area contributed by atoms with Crippen LogP contribution >= 0.6 is 40.9 Å². The van der Waals surface area contributed by atoms with Crippen LogP contribution in [-0.2, 0) is 19.2 Å². The van der Waals surface area contributed by atoms with Crippen molar-refractivity contribution >= 4 is 77.3 Å². The van der Waals surface area contributed by atoms with Crippen molar-refractivity contribution in [1.29, 1.82) is 0 Å². The second-order valence-electron chi connectivity index (χ2n) is 4.17. The van der Waals surface area contributed by atoms with Gasteiger partial charge in [-0.25, -0.2) is 0 Å². The van der Waals surface area contributed by atoms with Gasteiger partial charge in [-0.15, -0.1) is 0 Å². The number of hydrogen-bond donors (Lipinski definition) is 6. The molecule has 1 fully saturated rings. The number of carbonyl (C=O) groups excluding carboxylic acids is 2. The number of carboxylic acids is 2. The number of hydrogen-bond acceptors (Lipinski definition) is 9. The van der Waals surface area contributed by atoms with Gasteiger partial charge in [0.25, 0.3) is 0 Å². The molecule has 0 aliphatic carbocycles. The molecule has 138 valence electrons. The second-order valence-corrected chi connectivity index (χ2v) is 15.6. The summed E-state index contributed by atoms with van der Waals surface area (Å²) in [7, 11) is 5.86. The van der Waals surface area contributed by atoms with E-state index in [0.29, 0.717) is 0 Å². The topological polar surface area (TPSA) is 159 Å². The molecule has 0 aromatic heterocycles. The van der Waals surface area contributed by atoms with Gasteiger partial charge in [0.2, 0.25) is 11.8 Å². The van der Waals surface area contributed by atoms with Crippen LogP contribution in [0.15, 0.2) is 0 Å². The quantitative estimate of drug-likeness (QED) is 0.142. The number of nitrogens with two attached hydrogens (primary N) is 1. The van der Waals surface area contributed by atoms with Crippen LogP contribution in [0.5, 0.6) is 0 Å². The molecule has 0 aromatic rings.